The second-order valence-electron chi connectivity index (χ2n) is 5.60. The topological polar surface area (TPSA) is 38.1 Å². The second-order valence-corrected chi connectivity index (χ2v) is 5.60. The van der Waals surface area contributed by atoms with Crippen LogP contribution in [0.15, 0.2) is 30.5 Å². The third-order valence-corrected chi connectivity index (χ3v) is 4.05. The Kier molecular flexibility index (Phi) is 3.87. The van der Waals surface area contributed by atoms with E-state index in [1.54, 1.807) is 17.9 Å². The molecule has 1 fully saturated rings. The van der Waals surface area contributed by atoms with E-state index in [1.807, 2.05) is 0 Å². The molecule has 2 heterocycles. The van der Waals surface area contributed by atoms with Crippen molar-refractivity contribution in [2.24, 2.45) is 0 Å². The highest BCUT2D eigenvalue weighted by molar-refractivity contribution is 5.95. The van der Waals surface area contributed by atoms with Gasteiger partial charge >= 0.3 is 6.18 Å². The predicted octanol–water partition coefficient (Wildman–Crippen LogP) is 3.44. The molecule has 0 N–H and O–H groups in total. The van der Waals surface area contributed by atoms with Crippen molar-refractivity contribution in [2.75, 3.05) is 13.1 Å². The molecule has 4 nitrogen and oxygen atoms in total. The zero-order valence-electron chi connectivity index (χ0n) is 12.6. The Labute approximate surface area is 131 Å². The number of benzene rings is 1. The molecule has 23 heavy (non-hydrogen) atoms. The molecule has 0 saturated carbocycles. The molecular formula is C16H16F3N3O. The first-order valence-electron chi connectivity index (χ1n) is 7.39. The Morgan fingerprint density at radius 2 is 1.91 bits per heavy atom. The molecule has 0 unspecified atom stereocenters. The third-order valence-electron chi connectivity index (χ3n) is 4.05. The van der Waals surface area contributed by atoms with Crippen LogP contribution in [0.3, 0.4) is 0 Å². The molecular weight excluding hydrogens is 307 g/mol. The zero-order valence-corrected chi connectivity index (χ0v) is 12.6. The summed E-state index contributed by atoms with van der Waals surface area (Å²) in [4.78, 5) is 14.2. The molecule has 1 amide bonds. The van der Waals surface area contributed by atoms with E-state index in [4.69, 9.17) is 0 Å². The fraction of sp³-hybridized carbons (Fsp3) is 0.375. The molecule has 2 aromatic rings. The maximum atomic E-state index is 12.8. The fourth-order valence-corrected chi connectivity index (χ4v) is 2.78. The number of alkyl halides is 3. The Balaban J connectivity index is 1.94. The van der Waals surface area contributed by atoms with Crippen LogP contribution in [0.1, 0.15) is 34.5 Å². The quantitative estimate of drug-likeness (QED) is 0.849. The molecule has 0 spiro atoms. The Morgan fingerprint density at radius 1 is 1.22 bits per heavy atom. The van der Waals surface area contributed by atoms with Gasteiger partial charge in [0.1, 0.15) is 0 Å². The summed E-state index contributed by atoms with van der Waals surface area (Å²) in [5.41, 5.74) is 0.528. The molecule has 1 aliphatic rings. The average Bonchev–Trinajstić information content (AvgIpc) is 3.15. The summed E-state index contributed by atoms with van der Waals surface area (Å²) in [7, 11) is 0. The lowest BCUT2D eigenvalue weighted by atomic mass is 10.2. The van der Waals surface area contributed by atoms with Crippen molar-refractivity contribution in [3.63, 3.8) is 0 Å². The number of hydrogen-bond acceptors (Lipinski definition) is 2. The summed E-state index contributed by atoms with van der Waals surface area (Å²) in [5.74, 6) is -0.113. The van der Waals surface area contributed by atoms with Crippen molar-refractivity contribution >= 4 is 5.91 Å². The van der Waals surface area contributed by atoms with E-state index in [9.17, 15) is 18.0 Å². The fourth-order valence-electron chi connectivity index (χ4n) is 2.78. The number of nitrogens with zero attached hydrogens (tertiary/aromatic N) is 3. The number of rotatable bonds is 2. The van der Waals surface area contributed by atoms with E-state index in [2.05, 4.69) is 5.10 Å². The van der Waals surface area contributed by atoms with Gasteiger partial charge in [0.15, 0.2) is 0 Å². The lowest BCUT2D eigenvalue weighted by Gasteiger charge is -2.15. The minimum atomic E-state index is -4.41. The number of aromatic nitrogens is 2. The summed E-state index contributed by atoms with van der Waals surface area (Å²) in [6.07, 6.45) is -1.03. The monoisotopic (exact) mass is 323 g/mol. The van der Waals surface area contributed by atoms with Crippen LogP contribution in [0, 0.1) is 6.92 Å². The zero-order chi connectivity index (χ0) is 16.6. The van der Waals surface area contributed by atoms with Gasteiger partial charge in [0.05, 0.1) is 28.7 Å². The van der Waals surface area contributed by atoms with Crippen LogP contribution in [0.4, 0.5) is 13.2 Å². The van der Waals surface area contributed by atoms with Gasteiger partial charge in [0.25, 0.3) is 5.91 Å². The SMILES string of the molecule is Cc1c(C(=O)N2CCCC2)cnn1-c1cccc(C(F)(F)F)c1. The molecule has 3 rings (SSSR count). The smallest absolute Gasteiger partial charge is 0.339 e. The van der Waals surface area contributed by atoms with Crippen LogP contribution >= 0.6 is 0 Å². The standard InChI is InChI=1S/C16H16F3N3O/c1-11-14(15(23)21-7-2-3-8-21)10-20-22(11)13-6-4-5-12(9-13)16(17,18)19/h4-6,9-10H,2-3,7-8H2,1H3. The average molecular weight is 323 g/mol. The Bertz CT molecular complexity index is 730. The van der Waals surface area contributed by atoms with E-state index in [0.29, 0.717) is 24.3 Å². The number of carbonyl (C=O) groups excluding carboxylic acids is 1. The molecule has 0 atom stereocenters. The third kappa shape index (κ3) is 2.95. The summed E-state index contributed by atoms with van der Waals surface area (Å²) in [5, 5.41) is 4.10. The van der Waals surface area contributed by atoms with Crippen LogP contribution in [-0.2, 0) is 6.18 Å². The summed E-state index contributed by atoms with van der Waals surface area (Å²) < 4.78 is 39.9. The summed E-state index contributed by atoms with van der Waals surface area (Å²) >= 11 is 0. The Hall–Kier alpha value is -2.31. The largest absolute Gasteiger partial charge is 0.416 e. The summed E-state index contributed by atoms with van der Waals surface area (Å²) in [6, 6.07) is 4.92. The van der Waals surface area contributed by atoms with Crippen LogP contribution in [-0.4, -0.2) is 33.7 Å². The molecule has 1 aromatic carbocycles. The first-order valence-corrected chi connectivity index (χ1v) is 7.39. The lowest BCUT2D eigenvalue weighted by molar-refractivity contribution is -0.137. The van der Waals surface area contributed by atoms with Gasteiger partial charge in [0.2, 0.25) is 0 Å². The molecule has 0 radical (unpaired) electrons. The van der Waals surface area contributed by atoms with Gasteiger partial charge in [-0.25, -0.2) is 4.68 Å². The van der Waals surface area contributed by atoms with Crippen molar-refractivity contribution in [1.29, 1.82) is 0 Å². The summed E-state index contributed by atoms with van der Waals surface area (Å²) in [6.45, 7) is 3.12. The highest BCUT2D eigenvalue weighted by Gasteiger charge is 2.31. The minimum absolute atomic E-state index is 0.113. The van der Waals surface area contributed by atoms with E-state index < -0.39 is 11.7 Å². The van der Waals surface area contributed by atoms with Gasteiger partial charge in [-0.2, -0.15) is 18.3 Å². The maximum absolute atomic E-state index is 12.8. The number of amides is 1. The van der Waals surface area contributed by atoms with Gasteiger partial charge in [-0.05, 0) is 38.0 Å². The number of hydrogen-bond donors (Lipinski definition) is 0. The van der Waals surface area contributed by atoms with E-state index in [-0.39, 0.29) is 11.6 Å². The number of halogens is 3. The number of likely N-dealkylation sites (tertiary alicyclic amines) is 1. The first kappa shape index (κ1) is 15.6. The highest BCUT2D eigenvalue weighted by atomic mass is 19.4. The maximum Gasteiger partial charge on any atom is 0.416 e. The van der Waals surface area contributed by atoms with E-state index in [0.717, 1.165) is 25.0 Å². The molecule has 1 aliphatic heterocycles. The first-order chi connectivity index (χ1) is 10.9. The van der Waals surface area contributed by atoms with Crippen LogP contribution in [0.2, 0.25) is 0 Å². The van der Waals surface area contributed by atoms with Crippen molar-refractivity contribution in [3.05, 3.63) is 47.3 Å². The second kappa shape index (κ2) is 5.72. The van der Waals surface area contributed by atoms with Gasteiger partial charge in [-0.1, -0.05) is 6.07 Å². The van der Waals surface area contributed by atoms with Crippen LogP contribution < -0.4 is 0 Å². The predicted molar refractivity (Wildman–Crippen MR) is 78.4 cm³/mol. The lowest BCUT2D eigenvalue weighted by Crippen LogP contribution is -2.27. The van der Waals surface area contributed by atoms with Crippen molar-refractivity contribution < 1.29 is 18.0 Å². The van der Waals surface area contributed by atoms with Crippen molar-refractivity contribution in [1.82, 2.24) is 14.7 Å². The van der Waals surface area contributed by atoms with Gasteiger partial charge in [-0.15, -0.1) is 0 Å². The molecule has 122 valence electrons. The normalized spacial score (nSPS) is 15.2. The van der Waals surface area contributed by atoms with Gasteiger partial charge in [-0.3, -0.25) is 4.79 Å². The van der Waals surface area contributed by atoms with Gasteiger partial charge < -0.3 is 4.90 Å². The van der Waals surface area contributed by atoms with E-state index in [1.165, 1.54) is 16.9 Å². The molecule has 0 bridgehead atoms. The molecule has 1 saturated heterocycles. The number of carbonyl (C=O) groups is 1. The minimum Gasteiger partial charge on any atom is -0.339 e. The Morgan fingerprint density at radius 3 is 2.57 bits per heavy atom. The van der Waals surface area contributed by atoms with Crippen LogP contribution in [0.25, 0.3) is 5.69 Å². The van der Waals surface area contributed by atoms with Crippen LogP contribution in [0.5, 0.6) is 0 Å². The molecule has 1 aromatic heterocycles. The van der Waals surface area contributed by atoms with Crippen molar-refractivity contribution in [2.45, 2.75) is 25.9 Å². The molecule has 0 aliphatic carbocycles. The molecule has 7 heteroatoms. The van der Waals surface area contributed by atoms with E-state index >= 15 is 0 Å². The highest BCUT2D eigenvalue weighted by Crippen LogP contribution is 2.30. The van der Waals surface area contributed by atoms with Gasteiger partial charge in [0, 0.05) is 13.1 Å². The van der Waals surface area contributed by atoms with Crippen molar-refractivity contribution in [3.8, 4) is 5.69 Å².